The molecule has 11 heavy (non-hydrogen) atoms. The van der Waals surface area contributed by atoms with Gasteiger partial charge in [0.15, 0.2) is 0 Å². The van der Waals surface area contributed by atoms with Crippen molar-refractivity contribution >= 4 is 5.97 Å². The van der Waals surface area contributed by atoms with Gasteiger partial charge < -0.3 is 9.47 Å². The molecule has 3 atom stereocenters. The molecule has 0 N–H and O–H groups in total. The van der Waals surface area contributed by atoms with Crippen LogP contribution in [0.15, 0.2) is 0 Å². The van der Waals surface area contributed by atoms with Crippen molar-refractivity contribution in [3.63, 3.8) is 0 Å². The maximum absolute atomic E-state index is 11.1. The Morgan fingerprint density at radius 3 is 2.55 bits per heavy atom. The largest absolute Gasteiger partial charge is 0.469 e. The van der Waals surface area contributed by atoms with Crippen LogP contribution in [0.5, 0.6) is 0 Å². The molecule has 0 bridgehead atoms. The summed E-state index contributed by atoms with van der Waals surface area (Å²) in [5, 5.41) is 0. The molecule has 0 saturated carbocycles. The first-order chi connectivity index (χ1) is 5.15. The molecule has 3 nitrogen and oxygen atoms in total. The van der Waals surface area contributed by atoms with Crippen LogP contribution in [0.4, 0.5) is 0 Å². The third-order valence-corrected chi connectivity index (χ3v) is 2.10. The zero-order valence-electron chi connectivity index (χ0n) is 7.16. The fourth-order valence-electron chi connectivity index (χ4n) is 1.51. The normalized spacial score (nSPS) is 37.2. The van der Waals surface area contributed by atoms with Crippen molar-refractivity contribution in [2.45, 2.75) is 32.5 Å². The molecule has 0 amide bonds. The van der Waals surface area contributed by atoms with Crippen LogP contribution < -0.4 is 0 Å². The van der Waals surface area contributed by atoms with Crippen LogP contribution in [0, 0.1) is 5.92 Å². The summed E-state index contributed by atoms with van der Waals surface area (Å²) in [6.45, 7) is 3.88. The number of methoxy groups -OCH3 is 1. The Kier molecular flexibility index (Phi) is 2.49. The van der Waals surface area contributed by atoms with Gasteiger partial charge in [-0.15, -0.1) is 0 Å². The number of carbonyl (C=O) groups is 1. The van der Waals surface area contributed by atoms with Gasteiger partial charge in [0.25, 0.3) is 0 Å². The number of rotatable bonds is 1. The van der Waals surface area contributed by atoms with Gasteiger partial charge in [0.1, 0.15) is 0 Å². The molecule has 0 radical (unpaired) electrons. The molecule has 0 aromatic rings. The average Bonchev–Trinajstić information content (AvgIpc) is 2.28. The number of hydrogen-bond donors (Lipinski definition) is 0. The lowest BCUT2D eigenvalue weighted by molar-refractivity contribution is -0.146. The Labute approximate surface area is 66.7 Å². The maximum Gasteiger partial charge on any atom is 0.311 e. The summed E-state index contributed by atoms with van der Waals surface area (Å²) in [7, 11) is 1.41. The Hall–Kier alpha value is -0.570. The lowest BCUT2D eigenvalue weighted by atomic mass is 10.0. The summed E-state index contributed by atoms with van der Waals surface area (Å²) in [5.41, 5.74) is 0. The minimum Gasteiger partial charge on any atom is -0.469 e. The predicted octanol–water partition coefficient (Wildman–Crippen LogP) is 0.973. The first-order valence-electron chi connectivity index (χ1n) is 3.88. The molecule has 0 aliphatic carbocycles. The van der Waals surface area contributed by atoms with Crippen LogP contribution >= 0.6 is 0 Å². The average molecular weight is 158 g/mol. The molecule has 1 aliphatic rings. The first-order valence-corrected chi connectivity index (χ1v) is 3.88. The Bertz CT molecular complexity index is 155. The molecule has 0 spiro atoms. The van der Waals surface area contributed by atoms with Crippen molar-refractivity contribution in [1.29, 1.82) is 0 Å². The van der Waals surface area contributed by atoms with E-state index in [9.17, 15) is 4.79 Å². The predicted molar refractivity (Wildman–Crippen MR) is 40.1 cm³/mol. The standard InChI is InChI=1S/C8H14O3/c1-5-4-7(6(2)11-5)8(9)10-3/h5-7H,4H2,1-3H3/t5-,6+,7?/m0/s1. The third-order valence-electron chi connectivity index (χ3n) is 2.10. The number of esters is 1. The molecule has 0 aromatic heterocycles. The van der Waals surface area contributed by atoms with Crippen LogP contribution in [0.3, 0.4) is 0 Å². The third kappa shape index (κ3) is 1.71. The molecule has 1 aliphatic heterocycles. The lowest BCUT2D eigenvalue weighted by Gasteiger charge is -2.09. The quantitative estimate of drug-likeness (QED) is 0.533. The van der Waals surface area contributed by atoms with E-state index in [1.807, 2.05) is 13.8 Å². The van der Waals surface area contributed by atoms with Crippen LogP contribution in [0.1, 0.15) is 20.3 Å². The van der Waals surface area contributed by atoms with Gasteiger partial charge in [-0.3, -0.25) is 4.79 Å². The van der Waals surface area contributed by atoms with Gasteiger partial charge in [0.05, 0.1) is 25.2 Å². The molecular formula is C8H14O3. The fraction of sp³-hybridized carbons (Fsp3) is 0.875. The van der Waals surface area contributed by atoms with Crippen LogP contribution in [0.25, 0.3) is 0 Å². The zero-order chi connectivity index (χ0) is 8.43. The molecule has 1 unspecified atom stereocenters. The monoisotopic (exact) mass is 158 g/mol. The van der Waals surface area contributed by atoms with Gasteiger partial charge >= 0.3 is 5.97 Å². The summed E-state index contributed by atoms with van der Waals surface area (Å²) in [4.78, 5) is 11.1. The Balaban J connectivity index is 2.52. The first kappa shape index (κ1) is 8.53. The maximum atomic E-state index is 11.1. The Morgan fingerprint density at radius 2 is 2.18 bits per heavy atom. The van der Waals surface area contributed by atoms with Gasteiger partial charge in [0, 0.05) is 0 Å². The second-order valence-corrected chi connectivity index (χ2v) is 3.02. The van der Waals surface area contributed by atoms with E-state index >= 15 is 0 Å². The molecule has 64 valence electrons. The molecule has 1 rings (SSSR count). The van der Waals surface area contributed by atoms with E-state index in [1.165, 1.54) is 7.11 Å². The van der Waals surface area contributed by atoms with E-state index in [0.717, 1.165) is 6.42 Å². The molecule has 1 saturated heterocycles. The molecule has 1 fully saturated rings. The second-order valence-electron chi connectivity index (χ2n) is 3.02. The molecule has 0 aromatic carbocycles. The van der Waals surface area contributed by atoms with E-state index in [1.54, 1.807) is 0 Å². The number of hydrogen-bond acceptors (Lipinski definition) is 3. The van der Waals surface area contributed by atoms with Gasteiger partial charge in [0.2, 0.25) is 0 Å². The van der Waals surface area contributed by atoms with Gasteiger partial charge in [-0.1, -0.05) is 0 Å². The zero-order valence-corrected chi connectivity index (χ0v) is 7.16. The van der Waals surface area contributed by atoms with E-state index in [2.05, 4.69) is 4.74 Å². The van der Waals surface area contributed by atoms with Crippen molar-refractivity contribution in [2.24, 2.45) is 5.92 Å². The highest BCUT2D eigenvalue weighted by Crippen LogP contribution is 2.26. The van der Waals surface area contributed by atoms with E-state index in [4.69, 9.17) is 4.74 Å². The second kappa shape index (κ2) is 3.22. The highest BCUT2D eigenvalue weighted by molar-refractivity contribution is 5.73. The summed E-state index contributed by atoms with van der Waals surface area (Å²) < 4.78 is 10.0. The summed E-state index contributed by atoms with van der Waals surface area (Å²) in [5.74, 6) is -0.211. The molecule has 1 heterocycles. The van der Waals surface area contributed by atoms with Crippen LogP contribution in [-0.2, 0) is 14.3 Å². The van der Waals surface area contributed by atoms with Crippen molar-refractivity contribution in [2.75, 3.05) is 7.11 Å². The van der Waals surface area contributed by atoms with Gasteiger partial charge in [-0.05, 0) is 20.3 Å². The number of carbonyl (C=O) groups excluding carboxylic acids is 1. The topological polar surface area (TPSA) is 35.5 Å². The minimum absolute atomic E-state index is 0.0115. The van der Waals surface area contributed by atoms with Crippen molar-refractivity contribution in [1.82, 2.24) is 0 Å². The SMILES string of the molecule is COC(=O)C1C[C@H](C)O[C@@H]1C. The summed E-state index contributed by atoms with van der Waals surface area (Å²) >= 11 is 0. The fourth-order valence-corrected chi connectivity index (χ4v) is 1.51. The van der Waals surface area contributed by atoms with E-state index in [0.29, 0.717) is 0 Å². The molecular weight excluding hydrogens is 144 g/mol. The smallest absolute Gasteiger partial charge is 0.311 e. The molecule has 3 heteroatoms. The minimum atomic E-state index is -0.151. The van der Waals surface area contributed by atoms with E-state index in [-0.39, 0.29) is 24.1 Å². The summed E-state index contributed by atoms with van der Waals surface area (Å²) in [6, 6.07) is 0. The van der Waals surface area contributed by atoms with Crippen molar-refractivity contribution in [3.05, 3.63) is 0 Å². The van der Waals surface area contributed by atoms with E-state index < -0.39 is 0 Å². The lowest BCUT2D eigenvalue weighted by Crippen LogP contribution is -2.22. The van der Waals surface area contributed by atoms with Gasteiger partial charge in [-0.2, -0.15) is 0 Å². The van der Waals surface area contributed by atoms with Crippen LogP contribution in [-0.4, -0.2) is 25.3 Å². The highest BCUT2D eigenvalue weighted by Gasteiger charge is 2.35. The van der Waals surface area contributed by atoms with Crippen LogP contribution in [0.2, 0.25) is 0 Å². The number of ether oxygens (including phenoxy) is 2. The highest BCUT2D eigenvalue weighted by atomic mass is 16.5. The Morgan fingerprint density at radius 1 is 1.55 bits per heavy atom. The summed E-state index contributed by atoms with van der Waals surface area (Å²) in [6.07, 6.45) is 0.986. The van der Waals surface area contributed by atoms with Crippen molar-refractivity contribution < 1.29 is 14.3 Å². The van der Waals surface area contributed by atoms with Crippen molar-refractivity contribution in [3.8, 4) is 0 Å². The van der Waals surface area contributed by atoms with Gasteiger partial charge in [-0.25, -0.2) is 0 Å².